The van der Waals surface area contributed by atoms with Crippen LogP contribution in [-0.4, -0.2) is 57.6 Å². The summed E-state index contributed by atoms with van der Waals surface area (Å²) in [5, 5.41) is 3.33. The molecule has 0 saturated carbocycles. The molecule has 0 amide bonds. The van der Waals surface area contributed by atoms with Crippen LogP contribution >= 0.6 is 0 Å². The maximum absolute atomic E-state index is 13.0. The lowest BCUT2D eigenvalue weighted by atomic mass is 10.2. The van der Waals surface area contributed by atoms with Crippen LogP contribution in [0, 0.1) is 11.8 Å². The lowest BCUT2D eigenvalue weighted by Crippen LogP contribution is -2.44. The van der Waals surface area contributed by atoms with E-state index in [2.05, 4.69) is 22.1 Å². The Morgan fingerprint density at radius 2 is 2.04 bits per heavy atom. The van der Waals surface area contributed by atoms with Gasteiger partial charge in [-0.25, -0.2) is 4.79 Å². The van der Waals surface area contributed by atoms with Gasteiger partial charge in [0.15, 0.2) is 11.2 Å². The van der Waals surface area contributed by atoms with Gasteiger partial charge >= 0.3 is 5.69 Å². The van der Waals surface area contributed by atoms with Crippen molar-refractivity contribution in [3.05, 3.63) is 20.8 Å². The lowest BCUT2D eigenvalue weighted by Gasteiger charge is -2.28. The molecule has 9 nitrogen and oxygen atoms in total. The standard InChI is InChI=1S/C19H26N6O3/c1-3-4-9-24-15-16(21-18(24)23-10-7-20-8-11-23)25(13-14-6-5-12-28-14)19(27)22(2)17(15)26/h14,20H,5-13H2,1-2H3. The van der Waals surface area contributed by atoms with E-state index < -0.39 is 0 Å². The Kier molecular flexibility index (Phi) is 5.24. The van der Waals surface area contributed by atoms with Crippen LogP contribution in [0.4, 0.5) is 5.95 Å². The summed E-state index contributed by atoms with van der Waals surface area (Å²) in [6.07, 6.45) is 1.87. The number of piperazine rings is 1. The predicted octanol–water partition coefficient (Wildman–Crippen LogP) is -0.491. The number of hydrogen-bond donors (Lipinski definition) is 1. The molecule has 0 spiro atoms. The third-order valence-corrected chi connectivity index (χ3v) is 5.43. The largest absolute Gasteiger partial charge is 0.376 e. The molecule has 0 aromatic carbocycles. The number of fused-ring (bicyclic) bond motifs is 1. The highest BCUT2D eigenvalue weighted by atomic mass is 16.5. The van der Waals surface area contributed by atoms with Crippen molar-refractivity contribution in [3.8, 4) is 11.8 Å². The van der Waals surface area contributed by atoms with Gasteiger partial charge in [-0.1, -0.05) is 5.92 Å². The second-order valence-electron chi connectivity index (χ2n) is 7.23. The van der Waals surface area contributed by atoms with Gasteiger partial charge in [0.05, 0.1) is 19.2 Å². The summed E-state index contributed by atoms with van der Waals surface area (Å²) in [5.74, 6) is 6.64. The van der Waals surface area contributed by atoms with Gasteiger partial charge in [-0.05, 0) is 19.8 Å². The minimum atomic E-state index is -0.355. The van der Waals surface area contributed by atoms with Crippen molar-refractivity contribution in [1.29, 1.82) is 0 Å². The number of nitrogens with zero attached hydrogens (tertiary/aromatic N) is 5. The summed E-state index contributed by atoms with van der Waals surface area (Å²) in [6, 6.07) is 0. The van der Waals surface area contributed by atoms with Crippen LogP contribution in [-0.2, 0) is 24.9 Å². The van der Waals surface area contributed by atoms with Crippen LogP contribution in [0.5, 0.6) is 0 Å². The van der Waals surface area contributed by atoms with Crippen LogP contribution in [0.2, 0.25) is 0 Å². The molecule has 2 fully saturated rings. The van der Waals surface area contributed by atoms with Gasteiger partial charge in [0.1, 0.15) is 0 Å². The van der Waals surface area contributed by atoms with Gasteiger partial charge < -0.3 is 15.0 Å². The lowest BCUT2D eigenvalue weighted by molar-refractivity contribution is 0.0964. The van der Waals surface area contributed by atoms with E-state index >= 15 is 0 Å². The average molecular weight is 386 g/mol. The number of nitrogens with one attached hydrogen (secondary N) is 1. The van der Waals surface area contributed by atoms with Gasteiger partial charge in [-0.2, -0.15) is 4.98 Å². The zero-order valence-electron chi connectivity index (χ0n) is 16.4. The maximum atomic E-state index is 13.0. The molecule has 28 heavy (non-hydrogen) atoms. The second-order valence-corrected chi connectivity index (χ2v) is 7.23. The van der Waals surface area contributed by atoms with Gasteiger partial charge in [-0.15, -0.1) is 5.92 Å². The van der Waals surface area contributed by atoms with Crippen LogP contribution in [0.15, 0.2) is 9.59 Å². The molecule has 2 aromatic heterocycles. The van der Waals surface area contributed by atoms with Crippen molar-refractivity contribution in [1.82, 2.24) is 24.0 Å². The first-order chi connectivity index (χ1) is 13.6. The first-order valence-electron chi connectivity index (χ1n) is 9.78. The van der Waals surface area contributed by atoms with Crippen molar-refractivity contribution in [2.75, 3.05) is 37.7 Å². The van der Waals surface area contributed by atoms with Crippen molar-refractivity contribution in [3.63, 3.8) is 0 Å². The molecule has 2 aliphatic rings. The van der Waals surface area contributed by atoms with Gasteiger partial charge in [0, 0.05) is 39.8 Å². The Morgan fingerprint density at radius 1 is 1.25 bits per heavy atom. The predicted molar refractivity (Wildman–Crippen MR) is 107 cm³/mol. The maximum Gasteiger partial charge on any atom is 0.332 e. The molecule has 2 aliphatic heterocycles. The van der Waals surface area contributed by atoms with Crippen LogP contribution in [0.1, 0.15) is 19.8 Å². The molecular formula is C19H26N6O3. The molecule has 4 heterocycles. The molecule has 2 aromatic rings. The summed E-state index contributed by atoms with van der Waals surface area (Å²) in [4.78, 5) is 32.8. The number of hydrogen-bond acceptors (Lipinski definition) is 6. The third-order valence-electron chi connectivity index (χ3n) is 5.43. The number of imidazole rings is 1. The van der Waals surface area contributed by atoms with Gasteiger partial charge in [-0.3, -0.25) is 18.5 Å². The molecule has 0 aliphatic carbocycles. The van der Waals surface area contributed by atoms with Crippen LogP contribution < -0.4 is 21.5 Å². The monoisotopic (exact) mass is 386 g/mol. The molecule has 0 bridgehead atoms. The molecule has 1 atom stereocenters. The fourth-order valence-electron chi connectivity index (χ4n) is 3.92. The number of aromatic nitrogens is 4. The molecule has 9 heteroatoms. The second kappa shape index (κ2) is 7.81. The summed E-state index contributed by atoms with van der Waals surface area (Å²) in [7, 11) is 1.52. The molecule has 2 saturated heterocycles. The first-order valence-corrected chi connectivity index (χ1v) is 9.78. The fraction of sp³-hybridized carbons (Fsp3) is 0.632. The SMILES string of the molecule is CC#CCn1c(N2CCNCC2)nc2c1c(=O)n(C)c(=O)n2CC1CCCO1. The van der Waals surface area contributed by atoms with Crippen LogP contribution in [0.25, 0.3) is 11.2 Å². The number of ether oxygens (including phenoxy) is 1. The first kappa shape index (κ1) is 18.8. The van der Waals surface area contributed by atoms with Crippen molar-refractivity contribution in [2.45, 2.75) is 39.0 Å². The smallest absolute Gasteiger partial charge is 0.332 e. The summed E-state index contributed by atoms with van der Waals surface area (Å²) in [6.45, 7) is 6.53. The summed E-state index contributed by atoms with van der Waals surface area (Å²) in [5.41, 5.74) is 0.160. The number of anilines is 1. The van der Waals surface area contributed by atoms with Gasteiger partial charge in [0.2, 0.25) is 5.95 Å². The van der Waals surface area contributed by atoms with E-state index in [1.807, 2.05) is 4.57 Å². The minimum absolute atomic E-state index is 0.0263. The molecule has 0 radical (unpaired) electrons. The normalized spacial score (nSPS) is 19.8. The van der Waals surface area contributed by atoms with E-state index in [4.69, 9.17) is 9.72 Å². The molecule has 4 rings (SSSR count). The van der Waals surface area contributed by atoms with Crippen molar-refractivity contribution < 1.29 is 4.74 Å². The molecule has 1 unspecified atom stereocenters. The van der Waals surface area contributed by atoms with Crippen molar-refractivity contribution in [2.24, 2.45) is 7.05 Å². The van der Waals surface area contributed by atoms with E-state index in [-0.39, 0.29) is 17.4 Å². The van der Waals surface area contributed by atoms with E-state index in [1.165, 1.54) is 7.05 Å². The topological polar surface area (TPSA) is 86.3 Å². The third kappa shape index (κ3) is 3.23. The Bertz CT molecular complexity index is 1040. The average Bonchev–Trinajstić information content (AvgIpc) is 3.36. The Balaban J connectivity index is 1.93. The molecular weight excluding hydrogens is 360 g/mol. The van der Waals surface area contributed by atoms with E-state index in [9.17, 15) is 9.59 Å². The van der Waals surface area contributed by atoms with E-state index in [0.717, 1.165) is 43.6 Å². The number of rotatable bonds is 4. The highest BCUT2D eigenvalue weighted by molar-refractivity contribution is 5.75. The summed E-state index contributed by atoms with van der Waals surface area (Å²) >= 11 is 0. The Labute approximate surface area is 162 Å². The Morgan fingerprint density at radius 3 is 2.71 bits per heavy atom. The van der Waals surface area contributed by atoms with E-state index in [1.54, 1.807) is 11.5 Å². The van der Waals surface area contributed by atoms with Crippen LogP contribution in [0.3, 0.4) is 0 Å². The Hall–Kier alpha value is -2.57. The molecule has 1 N–H and O–H groups in total. The summed E-state index contributed by atoms with van der Waals surface area (Å²) < 4.78 is 10.3. The minimum Gasteiger partial charge on any atom is -0.376 e. The van der Waals surface area contributed by atoms with Crippen molar-refractivity contribution >= 4 is 17.1 Å². The highest BCUT2D eigenvalue weighted by Crippen LogP contribution is 2.21. The van der Waals surface area contributed by atoms with Gasteiger partial charge in [0.25, 0.3) is 5.56 Å². The fourth-order valence-corrected chi connectivity index (χ4v) is 3.92. The zero-order chi connectivity index (χ0) is 19.7. The highest BCUT2D eigenvalue weighted by Gasteiger charge is 2.26. The van der Waals surface area contributed by atoms with E-state index in [0.29, 0.717) is 36.8 Å². The quantitative estimate of drug-likeness (QED) is 0.714. The molecule has 150 valence electrons. The zero-order valence-corrected chi connectivity index (χ0v) is 16.4.